The SMILES string of the molecule is CC1=CC(OCc2ncc(F)cc2F)=C(Cl)C(c2ccnc(C(C)(C)C(F)F)n2)N1c1ccncc1C. The lowest BCUT2D eigenvalue weighted by molar-refractivity contribution is 0.0644. The predicted molar refractivity (Wildman–Crippen MR) is 131 cm³/mol. The minimum Gasteiger partial charge on any atom is -0.486 e. The van der Waals surface area contributed by atoms with Crippen molar-refractivity contribution in [3.05, 3.63) is 100.0 Å². The zero-order valence-corrected chi connectivity index (χ0v) is 21.3. The lowest BCUT2D eigenvalue weighted by atomic mass is 9.92. The first-order valence-electron chi connectivity index (χ1n) is 11.3. The fourth-order valence-electron chi connectivity index (χ4n) is 3.85. The van der Waals surface area contributed by atoms with Gasteiger partial charge in [-0.05, 0) is 45.4 Å². The minimum atomic E-state index is -2.70. The number of hydrogen-bond acceptors (Lipinski definition) is 6. The van der Waals surface area contributed by atoms with Crippen molar-refractivity contribution in [1.29, 1.82) is 0 Å². The van der Waals surface area contributed by atoms with Gasteiger partial charge in [0.05, 0.1) is 22.3 Å². The van der Waals surface area contributed by atoms with Gasteiger partial charge in [-0.1, -0.05) is 11.6 Å². The predicted octanol–water partition coefficient (Wildman–Crippen LogP) is 6.53. The summed E-state index contributed by atoms with van der Waals surface area (Å²) in [6.45, 7) is 6.12. The number of aromatic nitrogens is 4. The molecule has 0 aromatic carbocycles. The Hall–Kier alpha value is -3.53. The highest BCUT2D eigenvalue weighted by Gasteiger charge is 2.38. The quantitative estimate of drug-likeness (QED) is 0.322. The van der Waals surface area contributed by atoms with Gasteiger partial charge in [0.25, 0.3) is 6.43 Å². The molecule has 0 bridgehead atoms. The Bertz CT molecular complexity index is 1380. The maximum Gasteiger partial charge on any atom is 0.250 e. The van der Waals surface area contributed by atoms with Crippen molar-refractivity contribution in [2.24, 2.45) is 0 Å². The molecule has 0 fully saturated rings. The van der Waals surface area contributed by atoms with Crippen molar-refractivity contribution in [3.8, 4) is 0 Å². The lowest BCUT2D eigenvalue weighted by Gasteiger charge is -2.38. The molecule has 0 saturated heterocycles. The van der Waals surface area contributed by atoms with Crippen LogP contribution in [-0.2, 0) is 16.8 Å². The van der Waals surface area contributed by atoms with E-state index in [1.165, 1.54) is 20.0 Å². The standard InChI is InChI=1S/C26H24ClF4N5O/c1-14-11-32-7-6-20(14)36-15(2)9-21(37-13-19-17(29)10-16(28)12-34-19)22(27)23(36)18-5-8-33-25(35-18)26(3,4)24(30)31/h5-12,23-24H,13H2,1-4H3. The van der Waals surface area contributed by atoms with Gasteiger partial charge in [-0.2, -0.15) is 0 Å². The molecule has 0 N–H and O–H groups in total. The maximum atomic E-state index is 14.1. The first-order chi connectivity index (χ1) is 17.5. The molecule has 1 atom stereocenters. The van der Waals surface area contributed by atoms with E-state index in [0.29, 0.717) is 17.5 Å². The van der Waals surface area contributed by atoms with Crippen LogP contribution >= 0.6 is 11.6 Å². The van der Waals surface area contributed by atoms with Gasteiger partial charge in [-0.15, -0.1) is 0 Å². The largest absolute Gasteiger partial charge is 0.486 e. The van der Waals surface area contributed by atoms with Gasteiger partial charge in [0.2, 0.25) is 0 Å². The van der Waals surface area contributed by atoms with Crippen LogP contribution in [0.1, 0.15) is 49.6 Å². The summed E-state index contributed by atoms with van der Waals surface area (Å²) in [6.07, 6.45) is 4.60. The molecule has 1 aliphatic heterocycles. The number of hydrogen-bond donors (Lipinski definition) is 0. The molecule has 6 nitrogen and oxygen atoms in total. The molecule has 0 saturated carbocycles. The third-order valence-electron chi connectivity index (χ3n) is 6.03. The highest BCUT2D eigenvalue weighted by molar-refractivity contribution is 6.31. The van der Waals surface area contributed by atoms with Crippen LogP contribution in [0.15, 0.2) is 65.6 Å². The van der Waals surface area contributed by atoms with Crippen molar-refractivity contribution < 1.29 is 22.3 Å². The highest BCUT2D eigenvalue weighted by Crippen LogP contribution is 2.43. The molecule has 0 spiro atoms. The lowest BCUT2D eigenvalue weighted by Crippen LogP contribution is -2.34. The van der Waals surface area contributed by atoms with Gasteiger partial charge in [0.1, 0.15) is 35.7 Å². The zero-order valence-electron chi connectivity index (χ0n) is 20.5. The molecule has 0 radical (unpaired) electrons. The van der Waals surface area contributed by atoms with Gasteiger partial charge in [0.15, 0.2) is 5.82 Å². The maximum absolute atomic E-state index is 14.1. The molecular weight excluding hydrogens is 510 g/mol. The van der Waals surface area contributed by atoms with Crippen LogP contribution in [0.2, 0.25) is 0 Å². The number of aryl methyl sites for hydroxylation is 1. The van der Waals surface area contributed by atoms with Crippen LogP contribution in [0.3, 0.4) is 0 Å². The van der Waals surface area contributed by atoms with E-state index >= 15 is 0 Å². The van der Waals surface area contributed by atoms with E-state index < -0.39 is 29.5 Å². The van der Waals surface area contributed by atoms with Crippen LogP contribution in [0.25, 0.3) is 0 Å². The Labute approximate surface area is 216 Å². The van der Waals surface area contributed by atoms with E-state index in [0.717, 1.165) is 17.4 Å². The smallest absolute Gasteiger partial charge is 0.250 e. The second-order valence-corrected chi connectivity index (χ2v) is 9.54. The number of allylic oxidation sites excluding steroid dienone is 2. The van der Waals surface area contributed by atoms with Gasteiger partial charge in [0, 0.05) is 42.1 Å². The highest BCUT2D eigenvalue weighted by atomic mass is 35.5. The molecule has 1 unspecified atom stereocenters. The summed E-state index contributed by atoms with van der Waals surface area (Å²) in [7, 11) is 0. The normalized spacial score (nSPS) is 16.3. The van der Waals surface area contributed by atoms with Crippen LogP contribution < -0.4 is 4.90 Å². The Balaban J connectivity index is 1.80. The minimum absolute atomic E-state index is 0.0388. The van der Waals surface area contributed by atoms with Crippen molar-refractivity contribution in [2.45, 2.75) is 52.2 Å². The molecule has 4 rings (SSSR count). The Morgan fingerprint density at radius 3 is 2.54 bits per heavy atom. The van der Waals surface area contributed by atoms with E-state index in [4.69, 9.17) is 16.3 Å². The summed E-state index contributed by atoms with van der Waals surface area (Å²) in [6, 6.07) is 3.34. The second kappa shape index (κ2) is 10.5. The molecule has 3 aromatic heterocycles. The molecule has 11 heteroatoms. The fraction of sp³-hybridized carbons (Fsp3) is 0.308. The van der Waals surface area contributed by atoms with Gasteiger partial charge in [-0.25, -0.2) is 27.5 Å². The van der Waals surface area contributed by atoms with Crippen molar-refractivity contribution in [2.75, 3.05) is 4.90 Å². The number of pyridine rings is 2. The van der Waals surface area contributed by atoms with Crippen LogP contribution in [-0.4, -0.2) is 26.4 Å². The number of rotatable bonds is 7. The van der Waals surface area contributed by atoms with E-state index in [1.807, 2.05) is 18.7 Å². The van der Waals surface area contributed by atoms with Crippen LogP contribution in [0.5, 0.6) is 0 Å². The molecule has 194 valence electrons. The van der Waals surface area contributed by atoms with E-state index in [9.17, 15) is 17.6 Å². The summed E-state index contributed by atoms with van der Waals surface area (Å²) in [5, 5.41) is 0.184. The van der Waals surface area contributed by atoms with E-state index in [1.54, 1.807) is 30.6 Å². The second-order valence-electron chi connectivity index (χ2n) is 9.13. The topological polar surface area (TPSA) is 64.0 Å². The number of ether oxygens (including phenoxy) is 1. The Morgan fingerprint density at radius 1 is 1.11 bits per heavy atom. The average Bonchev–Trinajstić information content (AvgIpc) is 2.85. The monoisotopic (exact) mass is 533 g/mol. The van der Waals surface area contributed by atoms with Gasteiger partial charge in [-0.3, -0.25) is 9.97 Å². The van der Waals surface area contributed by atoms with Gasteiger partial charge >= 0.3 is 0 Å². The summed E-state index contributed by atoms with van der Waals surface area (Å²) in [4.78, 5) is 18.4. The molecule has 1 aliphatic rings. The molecule has 0 amide bonds. The molecule has 3 aromatic rings. The molecule has 37 heavy (non-hydrogen) atoms. The number of anilines is 1. The Morgan fingerprint density at radius 2 is 1.86 bits per heavy atom. The summed E-state index contributed by atoms with van der Waals surface area (Å²) in [5.41, 5.74) is 0.962. The van der Waals surface area contributed by atoms with E-state index in [2.05, 4.69) is 19.9 Å². The van der Waals surface area contributed by atoms with Crippen molar-refractivity contribution in [3.63, 3.8) is 0 Å². The zero-order chi connectivity index (χ0) is 26.9. The third kappa shape index (κ3) is 5.29. The number of halogens is 5. The fourth-order valence-corrected chi connectivity index (χ4v) is 4.16. The van der Waals surface area contributed by atoms with Crippen molar-refractivity contribution in [1.82, 2.24) is 19.9 Å². The average molecular weight is 534 g/mol. The van der Waals surface area contributed by atoms with E-state index in [-0.39, 0.29) is 28.9 Å². The molecule has 4 heterocycles. The van der Waals surface area contributed by atoms with Gasteiger partial charge < -0.3 is 9.64 Å². The number of alkyl halides is 2. The number of nitrogens with zero attached hydrogens (tertiary/aromatic N) is 5. The summed E-state index contributed by atoms with van der Waals surface area (Å²) in [5.74, 6) is -1.48. The first-order valence-corrected chi connectivity index (χ1v) is 11.7. The Kier molecular flexibility index (Phi) is 7.49. The first kappa shape index (κ1) is 26.5. The molecular formula is C26H24ClF4N5O. The summed E-state index contributed by atoms with van der Waals surface area (Å²) >= 11 is 6.88. The van der Waals surface area contributed by atoms with Crippen molar-refractivity contribution >= 4 is 17.3 Å². The van der Waals surface area contributed by atoms with Crippen LogP contribution in [0, 0.1) is 18.6 Å². The van der Waals surface area contributed by atoms with Crippen LogP contribution in [0.4, 0.5) is 23.2 Å². The summed E-state index contributed by atoms with van der Waals surface area (Å²) < 4.78 is 60.7. The molecule has 0 aliphatic carbocycles. The third-order valence-corrected chi connectivity index (χ3v) is 6.42.